The van der Waals surface area contributed by atoms with Gasteiger partial charge in [0.05, 0.1) is 24.7 Å². The van der Waals surface area contributed by atoms with Crippen LogP contribution in [0, 0.1) is 0 Å². The number of rotatable bonds is 7. The summed E-state index contributed by atoms with van der Waals surface area (Å²) in [5, 5.41) is 11.8. The zero-order valence-electron chi connectivity index (χ0n) is 11.4. The average Bonchev–Trinajstić information content (AvgIpc) is 2.99. The van der Waals surface area contributed by atoms with Gasteiger partial charge in [0, 0.05) is 17.1 Å². The van der Waals surface area contributed by atoms with Crippen molar-refractivity contribution in [2.75, 3.05) is 6.61 Å². The molecule has 21 heavy (non-hydrogen) atoms. The van der Waals surface area contributed by atoms with Crippen LogP contribution in [0.25, 0.3) is 0 Å². The van der Waals surface area contributed by atoms with Crippen molar-refractivity contribution in [3.63, 3.8) is 0 Å². The third-order valence-corrected chi connectivity index (χ3v) is 4.89. The minimum atomic E-state index is -3.65. The van der Waals surface area contributed by atoms with Crippen molar-refractivity contribution in [3.05, 3.63) is 40.3 Å². The highest BCUT2D eigenvalue weighted by Gasteiger charge is 2.16. The molecule has 0 unspecified atom stereocenters. The molecule has 2 aromatic rings. The van der Waals surface area contributed by atoms with Crippen LogP contribution in [0.2, 0.25) is 0 Å². The maximum absolute atomic E-state index is 12.2. The highest BCUT2D eigenvalue weighted by Crippen LogP contribution is 2.23. The van der Waals surface area contributed by atoms with Crippen molar-refractivity contribution < 1.29 is 18.3 Å². The number of ether oxygens (including phenoxy) is 1. The fourth-order valence-electron chi connectivity index (χ4n) is 1.72. The van der Waals surface area contributed by atoms with Crippen LogP contribution in [0.1, 0.15) is 17.5 Å². The Labute approximate surface area is 127 Å². The van der Waals surface area contributed by atoms with E-state index in [-0.39, 0.29) is 18.0 Å². The van der Waals surface area contributed by atoms with E-state index in [1.54, 1.807) is 17.6 Å². The number of aliphatic hydroxyl groups excluding tert-OH is 1. The quantitative estimate of drug-likeness (QED) is 0.804. The minimum absolute atomic E-state index is 0.0894. The largest absolute Gasteiger partial charge is 0.494 e. The van der Waals surface area contributed by atoms with E-state index < -0.39 is 10.0 Å². The molecule has 0 radical (unpaired) electrons. The van der Waals surface area contributed by atoms with E-state index in [9.17, 15) is 13.5 Å². The lowest BCUT2D eigenvalue weighted by Crippen LogP contribution is -2.23. The Hall–Kier alpha value is -1.48. The molecule has 2 N–H and O–H groups in total. The van der Waals surface area contributed by atoms with Crippen LogP contribution in [0.3, 0.4) is 0 Å². The normalized spacial score (nSPS) is 11.5. The first kappa shape index (κ1) is 15.9. The number of nitrogens with zero attached hydrogens (tertiary/aromatic N) is 1. The summed E-state index contributed by atoms with van der Waals surface area (Å²) in [6.45, 7) is 2.12. The molecule has 114 valence electrons. The van der Waals surface area contributed by atoms with Gasteiger partial charge in [0.25, 0.3) is 0 Å². The molecule has 0 aliphatic rings. The molecular weight excluding hydrogens is 312 g/mol. The molecule has 0 aliphatic carbocycles. The van der Waals surface area contributed by atoms with Crippen LogP contribution in [0.5, 0.6) is 5.75 Å². The van der Waals surface area contributed by atoms with E-state index in [0.717, 1.165) is 0 Å². The second-order valence-corrected chi connectivity index (χ2v) is 6.86. The third kappa shape index (κ3) is 4.01. The van der Waals surface area contributed by atoms with E-state index in [0.29, 0.717) is 22.9 Å². The van der Waals surface area contributed by atoms with Crippen LogP contribution < -0.4 is 9.46 Å². The predicted molar refractivity (Wildman–Crippen MR) is 79.7 cm³/mol. The summed E-state index contributed by atoms with van der Waals surface area (Å²) in [5.74, 6) is 0.485. The van der Waals surface area contributed by atoms with E-state index in [2.05, 4.69) is 9.71 Å². The second kappa shape index (κ2) is 6.99. The molecular formula is C13H16N2O4S2. The molecule has 0 amide bonds. The standard InChI is InChI=1S/C13H16N2O4S2/c1-2-19-12-4-3-11(7-10(12)9-16)21(17,18)15-8-13-14-5-6-20-13/h3-7,15-16H,2,8-9H2,1H3. The van der Waals surface area contributed by atoms with Gasteiger partial charge in [-0.25, -0.2) is 18.1 Å². The first-order valence-corrected chi connectivity index (χ1v) is 8.67. The molecule has 1 aromatic heterocycles. The highest BCUT2D eigenvalue weighted by molar-refractivity contribution is 7.89. The third-order valence-electron chi connectivity index (χ3n) is 2.71. The second-order valence-electron chi connectivity index (χ2n) is 4.11. The van der Waals surface area contributed by atoms with Crippen molar-refractivity contribution >= 4 is 21.4 Å². The van der Waals surface area contributed by atoms with Gasteiger partial charge in [0.2, 0.25) is 10.0 Å². The smallest absolute Gasteiger partial charge is 0.240 e. The van der Waals surface area contributed by atoms with Crippen molar-refractivity contribution in [1.82, 2.24) is 9.71 Å². The van der Waals surface area contributed by atoms with Crippen LogP contribution in [0.4, 0.5) is 0 Å². The van der Waals surface area contributed by atoms with Gasteiger partial charge in [-0.1, -0.05) is 0 Å². The lowest BCUT2D eigenvalue weighted by Gasteiger charge is -2.11. The van der Waals surface area contributed by atoms with Crippen LogP contribution >= 0.6 is 11.3 Å². The molecule has 8 heteroatoms. The number of hydrogen-bond acceptors (Lipinski definition) is 6. The molecule has 0 fully saturated rings. The first-order valence-electron chi connectivity index (χ1n) is 6.31. The van der Waals surface area contributed by atoms with E-state index in [1.807, 2.05) is 6.92 Å². The Morgan fingerprint density at radius 3 is 2.86 bits per heavy atom. The Morgan fingerprint density at radius 1 is 1.43 bits per heavy atom. The van der Waals surface area contributed by atoms with Gasteiger partial charge in [-0.2, -0.15) is 0 Å². The predicted octanol–water partition coefficient (Wildman–Crippen LogP) is 1.51. The molecule has 1 heterocycles. The van der Waals surface area contributed by atoms with E-state index in [4.69, 9.17) is 4.74 Å². The first-order chi connectivity index (χ1) is 10.1. The van der Waals surface area contributed by atoms with Crippen molar-refractivity contribution in [2.45, 2.75) is 25.0 Å². The number of aromatic nitrogens is 1. The van der Waals surface area contributed by atoms with Crippen LogP contribution in [0.15, 0.2) is 34.7 Å². The number of hydrogen-bond donors (Lipinski definition) is 2. The lowest BCUT2D eigenvalue weighted by molar-refractivity contribution is 0.266. The maximum Gasteiger partial charge on any atom is 0.240 e. The lowest BCUT2D eigenvalue weighted by atomic mass is 10.2. The minimum Gasteiger partial charge on any atom is -0.494 e. The van der Waals surface area contributed by atoms with Gasteiger partial charge in [0.15, 0.2) is 0 Å². The fraction of sp³-hybridized carbons (Fsp3) is 0.308. The van der Waals surface area contributed by atoms with Gasteiger partial charge < -0.3 is 9.84 Å². The highest BCUT2D eigenvalue weighted by atomic mass is 32.2. The summed E-state index contributed by atoms with van der Waals surface area (Å²) in [6.07, 6.45) is 1.62. The number of sulfonamides is 1. The molecule has 0 saturated heterocycles. The van der Waals surface area contributed by atoms with Crippen LogP contribution in [-0.4, -0.2) is 25.1 Å². The van der Waals surface area contributed by atoms with Crippen molar-refractivity contribution in [1.29, 1.82) is 0 Å². The van der Waals surface area contributed by atoms with E-state index in [1.165, 1.54) is 23.5 Å². The van der Waals surface area contributed by atoms with Gasteiger partial charge in [0.1, 0.15) is 10.8 Å². The zero-order chi connectivity index (χ0) is 15.3. The summed E-state index contributed by atoms with van der Waals surface area (Å²) in [4.78, 5) is 4.11. The average molecular weight is 328 g/mol. The van der Waals surface area contributed by atoms with Crippen molar-refractivity contribution in [2.24, 2.45) is 0 Å². The maximum atomic E-state index is 12.2. The Balaban J connectivity index is 2.19. The Kier molecular flexibility index (Phi) is 5.29. The summed E-state index contributed by atoms with van der Waals surface area (Å²) < 4.78 is 32.2. The fourth-order valence-corrected chi connectivity index (χ4v) is 3.41. The van der Waals surface area contributed by atoms with E-state index >= 15 is 0 Å². The molecule has 0 spiro atoms. The van der Waals surface area contributed by atoms with Gasteiger partial charge >= 0.3 is 0 Å². The number of nitrogens with one attached hydrogen (secondary N) is 1. The summed E-state index contributed by atoms with van der Waals surface area (Å²) in [5.41, 5.74) is 0.439. The number of benzene rings is 1. The molecule has 6 nitrogen and oxygen atoms in total. The zero-order valence-corrected chi connectivity index (χ0v) is 13.1. The molecule has 2 rings (SSSR count). The van der Waals surface area contributed by atoms with Gasteiger partial charge in [-0.15, -0.1) is 11.3 Å². The van der Waals surface area contributed by atoms with Crippen LogP contribution in [-0.2, 0) is 23.2 Å². The SMILES string of the molecule is CCOc1ccc(S(=O)(=O)NCc2nccs2)cc1CO. The number of thiazole rings is 1. The Bertz CT molecular complexity index is 684. The monoisotopic (exact) mass is 328 g/mol. The molecule has 0 atom stereocenters. The van der Waals surface area contributed by atoms with Gasteiger partial charge in [-0.3, -0.25) is 0 Å². The van der Waals surface area contributed by atoms with Crippen molar-refractivity contribution in [3.8, 4) is 5.75 Å². The number of aliphatic hydroxyl groups is 1. The molecule has 0 aliphatic heterocycles. The molecule has 0 saturated carbocycles. The topological polar surface area (TPSA) is 88.5 Å². The summed E-state index contributed by atoms with van der Waals surface area (Å²) in [7, 11) is -3.65. The Morgan fingerprint density at radius 2 is 2.24 bits per heavy atom. The molecule has 1 aromatic carbocycles. The van der Waals surface area contributed by atoms with Gasteiger partial charge in [-0.05, 0) is 25.1 Å². The summed E-state index contributed by atoms with van der Waals surface area (Å²) in [6, 6.07) is 4.41. The molecule has 0 bridgehead atoms. The summed E-state index contributed by atoms with van der Waals surface area (Å²) >= 11 is 1.38.